The number of aromatic carboxylic acids is 1. The Morgan fingerprint density at radius 3 is 3.00 bits per heavy atom. The fourth-order valence-corrected chi connectivity index (χ4v) is 2.69. The third-order valence-corrected chi connectivity index (χ3v) is 3.73. The van der Waals surface area contributed by atoms with Crippen LogP contribution in [0.4, 0.5) is 0 Å². The van der Waals surface area contributed by atoms with Crippen molar-refractivity contribution in [3.05, 3.63) is 59.8 Å². The first-order chi connectivity index (χ1) is 10.7. The molecule has 0 spiro atoms. The van der Waals surface area contributed by atoms with Gasteiger partial charge in [0.15, 0.2) is 0 Å². The third kappa shape index (κ3) is 3.62. The highest BCUT2D eigenvalue weighted by Crippen LogP contribution is 2.18. The Hall–Kier alpha value is -2.40. The number of benzene rings is 1. The van der Waals surface area contributed by atoms with Crippen molar-refractivity contribution < 1.29 is 14.6 Å². The van der Waals surface area contributed by atoms with Crippen molar-refractivity contribution in [2.24, 2.45) is 0 Å². The molecule has 1 atom stereocenters. The zero-order valence-electron chi connectivity index (χ0n) is 12.2. The molecule has 1 saturated heterocycles. The van der Waals surface area contributed by atoms with Gasteiger partial charge in [0.05, 0.1) is 5.56 Å². The molecule has 1 unspecified atom stereocenters. The number of rotatable bonds is 5. The lowest BCUT2D eigenvalue weighted by atomic mass is 10.1. The molecule has 0 saturated carbocycles. The monoisotopic (exact) mass is 298 g/mol. The number of carbonyl (C=O) groups is 1. The molecule has 2 heterocycles. The second-order valence-corrected chi connectivity index (χ2v) is 5.44. The van der Waals surface area contributed by atoms with Gasteiger partial charge in [-0.25, -0.2) is 9.78 Å². The van der Waals surface area contributed by atoms with Crippen molar-refractivity contribution in [3.63, 3.8) is 0 Å². The number of pyridine rings is 1. The van der Waals surface area contributed by atoms with Crippen LogP contribution in [0, 0.1) is 0 Å². The Morgan fingerprint density at radius 1 is 1.32 bits per heavy atom. The van der Waals surface area contributed by atoms with Crippen molar-refractivity contribution >= 4 is 5.97 Å². The summed E-state index contributed by atoms with van der Waals surface area (Å²) in [6.07, 6.45) is 2.81. The van der Waals surface area contributed by atoms with Crippen molar-refractivity contribution in [2.75, 3.05) is 13.1 Å². The van der Waals surface area contributed by atoms with Gasteiger partial charge < -0.3 is 9.84 Å². The van der Waals surface area contributed by atoms with Crippen LogP contribution in [-0.2, 0) is 6.54 Å². The summed E-state index contributed by atoms with van der Waals surface area (Å²) in [4.78, 5) is 17.5. The second-order valence-electron chi connectivity index (χ2n) is 5.44. The smallest absolute Gasteiger partial charge is 0.335 e. The predicted molar refractivity (Wildman–Crippen MR) is 81.9 cm³/mol. The van der Waals surface area contributed by atoms with Crippen LogP contribution in [0.25, 0.3) is 0 Å². The molecule has 0 amide bonds. The summed E-state index contributed by atoms with van der Waals surface area (Å²) in [7, 11) is 0. The minimum Gasteiger partial charge on any atom is -0.478 e. The van der Waals surface area contributed by atoms with E-state index in [1.807, 2.05) is 24.3 Å². The average Bonchev–Trinajstić information content (AvgIpc) is 2.95. The van der Waals surface area contributed by atoms with E-state index in [0.717, 1.165) is 31.6 Å². The molecule has 22 heavy (non-hydrogen) atoms. The maximum Gasteiger partial charge on any atom is 0.335 e. The standard InChI is InChI=1S/C17H18N2O3/c20-17(21)14-5-3-4-13(10-14)11-19-9-7-15(12-19)22-16-6-1-2-8-18-16/h1-6,8,10,15H,7,9,11-12H2,(H,20,21). The van der Waals surface area contributed by atoms with Gasteiger partial charge in [0.1, 0.15) is 6.10 Å². The molecule has 2 aromatic rings. The lowest BCUT2D eigenvalue weighted by Crippen LogP contribution is -2.24. The molecule has 114 valence electrons. The van der Waals surface area contributed by atoms with Crippen molar-refractivity contribution in [1.82, 2.24) is 9.88 Å². The van der Waals surface area contributed by atoms with E-state index < -0.39 is 5.97 Å². The van der Waals surface area contributed by atoms with Crippen LogP contribution in [0.2, 0.25) is 0 Å². The minimum absolute atomic E-state index is 0.137. The number of likely N-dealkylation sites (tertiary alicyclic amines) is 1. The fourth-order valence-electron chi connectivity index (χ4n) is 2.69. The molecule has 0 radical (unpaired) electrons. The Labute approximate surface area is 129 Å². The van der Waals surface area contributed by atoms with Crippen LogP contribution >= 0.6 is 0 Å². The molecule has 1 fully saturated rings. The van der Waals surface area contributed by atoms with Crippen molar-refractivity contribution in [1.29, 1.82) is 0 Å². The van der Waals surface area contributed by atoms with Gasteiger partial charge in [-0.3, -0.25) is 4.90 Å². The van der Waals surface area contributed by atoms with Gasteiger partial charge in [0.2, 0.25) is 5.88 Å². The normalized spacial score (nSPS) is 18.3. The molecule has 0 bridgehead atoms. The van der Waals surface area contributed by atoms with E-state index >= 15 is 0 Å². The minimum atomic E-state index is -0.889. The summed E-state index contributed by atoms with van der Waals surface area (Å²) in [6, 6.07) is 12.7. The van der Waals surface area contributed by atoms with Gasteiger partial charge in [0, 0.05) is 31.9 Å². The van der Waals surface area contributed by atoms with Gasteiger partial charge in [-0.1, -0.05) is 18.2 Å². The summed E-state index contributed by atoms with van der Waals surface area (Å²) < 4.78 is 5.86. The van der Waals surface area contributed by atoms with E-state index in [0.29, 0.717) is 11.4 Å². The first kappa shape index (κ1) is 14.5. The van der Waals surface area contributed by atoms with Crippen LogP contribution in [0.1, 0.15) is 22.3 Å². The highest BCUT2D eigenvalue weighted by Gasteiger charge is 2.24. The van der Waals surface area contributed by atoms with Crippen LogP contribution in [0.3, 0.4) is 0 Å². The van der Waals surface area contributed by atoms with Crippen molar-refractivity contribution in [2.45, 2.75) is 19.1 Å². The van der Waals surface area contributed by atoms with Crippen LogP contribution < -0.4 is 4.74 Å². The maximum absolute atomic E-state index is 11.0. The summed E-state index contributed by atoms with van der Waals surface area (Å²) >= 11 is 0. The molecule has 1 aromatic heterocycles. The number of aromatic nitrogens is 1. The summed E-state index contributed by atoms with van der Waals surface area (Å²) in [6.45, 7) is 2.51. The largest absolute Gasteiger partial charge is 0.478 e. The lowest BCUT2D eigenvalue weighted by molar-refractivity contribution is 0.0696. The summed E-state index contributed by atoms with van der Waals surface area (Å²) in [5.74, 6) is -0.234. The molecule has 1 N–H and O–H groups in total. The SMILES string of the molecule is O=C(O)c1cccc(CN2CCC(Oc3ccccn3)C2)c1. The molecule has 1 aromatic carbocycles. The topological polar surface area (TPSA) is 62.7 Å². The zero-order chi connectivity index (χ0) is 15.4. The molecule has 1 aliphatic rings. The van der Waals surface area contributed by atoms with E-state index in [2.05, 4.69) is 9.88 Å². The molecular formula is C17H18N2O3. The number of ether oxygens (including phenoxy) is 1. The average molecular weight is 298 g/mol. The Morgan fingerprint density at radius 2 is 2.23 bits per heavy atom. The van der Waals surface area contributed by atoms with Crippen molar-refractivity contribution in [3.8, 4) is 5.88 Å². The molecule has 3 rings (SSSR count). The van der Waals surface area contributed by atoms with E-state index in [1.165, 1.54) is 0 Å². The molecule has 0 aliphatic carbocycles. The van der Waals surface area contributed by atoms with Gasteiger partial charge in [-0.15, -0.1) is 0 Å². The highest BCUT2D eigenvalue weighted by molar-refractivity contribution is 5.87. The first-order valence-corrected chi connectivity index (χ1v) is 7.33. The Balaban J connectivity index is 1.57. The van der Waals surface area contributed by atoms with E-state index in [9.17, 15) is 4.79 Å². The van der Waals surface area contributed by atoms with E-state index in [-0.39, 0.29) is 6.10 Å². The van der Waals surface area contributed by atoms with Gasteiger partial charge in [0.25, 0.3) is 0 Å². The Bertz CT molecular complexity index is 645. The number of hydrogen-bond acceptors (Lipinski definition) is 4. The first-order valence-electron chi connectivity index (χ1n) is 7.33. The van der Waals surface area contributed by atoms with Crippen LogP contribution in [0.15, 0.2) is 48.7 Å². The lowest BCUT2D eigenvalue weighted by Gasteiger charge is -2.16. The summed E-state index contributed by atoms with van der Waals surface area (Å²) in [5, 5.41) is 9.04. The van der Waals surface area contributed by atoms with E-state index in [4.69, 9.17) is 9.84 Å². The molecular weight excluding hydrogens is 280 g/mol. The number of carboxylic acid groups (broad SMARTS) is 1. The van der Waals surface area contributed by atoms with Gasteiger partial charge in [-0.2, -0.15) is 0 Å². The number of carboxylic acids is 1. The van der Waals surface area contributed by atoms with E-state index in [1.54, 1.807) is 24.4 Å². The maximum atomic E-state index is 11.0. The Kier molecular flexibility index (Phi) is 4.34. The number of nitrogens with zero attached hydrogens (tertiary/aromatic N) is 2. The van der Waals surface area contributed by atoms with Gasteiger partial charge >= 0.3 is 5.97 Å². The zero-order valence-corrected chi connectivity index (χ0v) is 12.2. The fraction of sp³-hybridized carbons (Fsp3) is 0.294. The molecule has 5 nitrogen and oxygen atoms in total. The van der Waals surface area contributed by atoms with Gasteiger partial charge in [-0.05, 0) is 30.2 Å². The quantitative estimate of drug-likeness (QED) is 0.918. The predicted octanol–water partition coefficient (Wildman–Crippen LogP) is 2.43. The molecule has 1 aliphatic heterocycles. The number of hydrogen-bond donors (Lipinski definition) is 1. The van der Waals surface area contributed by atoms with Crippen LogP contribution in [0.5, 0.6) is 5.88 Å². The highest BCUT2D eigenvalue weighted by atomic mass is 16.5. The second kappa shape index (κ2) is 6.58. The molecule has 5 heteroatoms. The third-order valence-electron chi connectivity index (χ3n) is 3.73. The summed E-state index contributed by atoms with van der Waals surface area (Å²) in [5.41, 5.74) is 1.34. The van der Waals surface area contributed by atoms with Crippen LogP contribution in [-0.4, -0.2) is 40.2 Å².